The molecule has 1 unspecified atom stereocenters. The molecule has 0 radical (unpaired) electrons. The second kappa shape index (κ2) is 3.59. The molecular weight excluding hydrogens is 263 g/mol. The Hall–Kier alpha value is -0.900. The highest BCUT2D eigenvalue weighted by atomic mass is 79.9. The van der Waals surface area contributed by atoms with Crippen molar-refractivity contribution in [3.63, 3.8) is 0 Å². The number of carbonyl (C=O) groups is 1. The zero-order valence-corrected chi connectivity index (χ0v) is 9.80. The SMILES string of the molecule is COC(=O)C1(F)CCc2cc(Br)ccc21. The van der Waals surface area contributed by atoms with Gasteiger partial charge in [-0.3, -0.25) is 0 Å². The van der Waals surface area contributed by atoms with Crippen LogP contribution in [-0.4, -0.2) is 13.1 Å². The van der Waals surface area contributed by atoms with Crippen LogP contribution in [0.2, 0.25) is 0 Å². The van der Waals surface area contributed by atoms with Gasteiger partial charge in [-0.15, -0.1) is 0 Å². The number of halogens is 2. The molecule has 2 nitrogen and oxygen atoms in total. The molecule has 0 bridgehead atoms. The number of aryl methyl sites for hydroxylation is 1. The molecule has 0 N–H and O–H groups in total. The Labute approximate surface area is 95.6 Å². The number of rotatable bonds is 1. The number of ether oxygens (including phenoxy) is 1. The molecule has 0 spiro atoms. The summed E-state index contributed by atoms with van der Waals surface area (Å²) in [6, 6.07) is 5.23. The van der Waals surface area contributed by atoms with Crippen LogP contribution < -0.4 is 0 Å². The van der Waals surface area contributed by atoms with Crippen molar-refractivity contribution in [1.82, 2.24) is 0 Å². The second-order valence-corrected chi connectivity index (χ2v) is 4.51. The van der Waals surface area contributed by atoms with Crippen LogP contribution in [0.4, 0.5) is 4.39 Å². The van der Waals surface area contributed by atoms with Crippen molar-refractivity contribution in [2.24, 2.45) is 0 Å². The molecule has 0 saturated heterocycles. The molecule has 15 heavy (non-hydrogen) atoms. The Morgan fingerprint density at radius 2 is 2.33 bits per heavy atom. The van der Waals surface area contributed by atoms with E-state index in [0.29, 0.717) is 12.0 Å². The molecule has 2 rings (SSSR count). The Kier molecular flexibility index (Phi) is 2.54. The van der Waals surface area contributed by atoms with Gasteiger partial charge in [-0.2, -0.15) is 0 Å². The summed E-state index contributed by atoms with van der Waals surface area (Å²) in [4.78, 5) is 11.4. The van der Waals surface area contributed by atoms with E-state index in [1.54, 1.807) is 12.1 Å². The van der Waals surface area contributed by atoms with Gasteiger partial charge in [-0.25, -0.2) is 9.18 Å². The van der Waals surface area contributed by atoms with E-state index >= 15 is 0 Å². The first-order chi connectivity index (χ1) is 7.08. The number of fused-ring (bicyclic) bond motifs is 1. The summed E-state index contributed by atoms with van der Waals surface area (Å²) in [7, 11) is 1.21. The molecular formula is C11H10BrFO2. The minimum atomic E-state index is -1.95. The van der Waals surface area contributed by atoms with Gasteiger partial charge in [-0.05, 0) is 24.1 Å². The largest absolute Gasteiger partial charge is 0.466 e. The molecule has 1 aromatic carbocycles. The van der Waals surface area contributed by atoms with Gasteiger partial charge in [0.1, 0.15) is 0 Å². The number of alkyl halides is 1. The van der Waals surface area contributed by atoms with E-state index in [2.05, 4.69) is 20.7 Å². The van der Waals surface area contributed by atoms with Crippen molar-refractivity contribution in [2.75, 3.05) is 7.11 Å². The van der Waals surface area contributed by atoms with Crippen molar-refractivity contribution in [1.29, 1.82) is 0 Å². The molecule has 1 aliphatic carbocycles. The molecule has 0 heterocycles. The average Bonchev–Trinajstić information content (AvgIpc) is 2.56. The standard InChI is InChI=1S/C11H10BrFO2/c1-15-10(14)11(13)5-4-7-6-8(12)2-3-9(7)11/h2-3,6H,4-5H2,1H3. The smallest absolute Gasteiger partial charge is 0.348 e. The maximum atomic E-state index is 14.3. The lowest BCUT2D eigenvalue weighted by atomic mass is 9.98. The van der Waals surface area contributed by atoms with Gasteiger partial charge in [0.15, 0.2) is 0 Å². The van der Waals surface area contributed by atoms with E-state index in [-0.39, 0.29) is 6.42 Å². The fraction of sp³-hybridized carbons (Fsp3) is 0.364. The monoisotopic (exact) mass is 272 g/mol. The molecule has 0 aliphatic heterocycles. The molecule has 1 aromatic rings. The second-order valence-electron chi connectivity index (χ2n) is 3.59. The minimum Gasteiger partial charge on any atom is -0.466 e. The Morgan fingerprint density at radius 3 is 3.00 bits per heavy atom. The normalized spacial score (nSPS) is 23.7. The molecule has 1 atom stereocenters. The number of benzene rings is 1. The number of hydrogen-bond acceptors (Lipinski definition) is 2. The Balaban J connectivity index is 2.48. The average molecular weight is 273 g/mol. The highest BCUT2D eigenvalue weighted by Gasteiger charge is 2.46. The van der Waals surface area contributed by atoms with Crippen molar-refractivity contribution >= 4 is 21.9 Å². The first-order valence-corrected chi connectivity index (χ1v) is 5.43. The highest BCUT2D eigenvalue weighted by molar-refractivity contribution is 9.10. The van der Waals surface area contributed by atoms with Crippen LogP contribution in [-0.2, 0) is 21.6 Å². The van der Waals surface area contributed by atoms with Gasteiger partial charge in [0.05, 0.1) is 7.11 Å². The molecule has 80 valence electrons. The van der Waals surface area contributed by atoms with Gasteiger partial charge in [0, 0.05) is 16.5 Å². The third kappa shape index (κ3) is 1.57. The summed E-state index contributed by atoms with van der Waals surface area (Å²) < 4.78 is 19.7. The Bertz CT molecular complexity index is 419. The van der Waals surface area contributed by atoms with Gasteiger partial charge >= 0.3 is 5.97 Å². The number of esters is 1. The van der Waals surface area contributed by atoms with Crippen LogP contribution in [0.15, 0.2) is 22.7 Å². The topological polar surface area (TPSA) is 26.3 Å². The lowest BCUT2D eigenvalue weighted by Gasteiger charge is -2.17. The summed E-state index contributed by atoms with van der Waals surface area (Å²) in [5.74, 6) is -0.802. The van der Waals surface area contributed by atoms with E-state index in [1.807, 2.05) is 6.07 Å². The molecule has 1 aliphatic rings. The van der Waals surface area contributed by atoms with Crippen molar-refractivity contribution in [2.45, 2.75) is 18.5 Å². The van der Waals surface area contributed by atoms with Crippen LogP contribution in [0, 0.1) is 0 Å². The van der Waals surface area contributed by atoms with E-state index in [0.717, 1.165) is 10.0 Å². The van der Waals surface area contributed by atoms with Crippen LogP contribution >= 0.6 is 15.9 Å². The fourth-order valence-corrected chi connectivity index (χ4v) is 2.38. The quantitative estimate of drug-likeness (QED) is 0.735. The first-order valence-electron chi connectivity index (χ1n) is 4.64. The fourth-order valence-electron chi connectivity index (χ4n) is 1.97. The lowest BCUT2D eigenvalue weighted by Crippen LogP contribution is -2.29. The summed E-state index contributed by atoms with van der Waals surface area (Å²) in [5.41, 5.74) is -0.639. The molecule has 0 amide bonds. The van der Waals surface area contributed by atoms with Crippen molar-refractivity contribution in [3.8, 4) is 0 Å². The van der Waals surface area contributed by atoms with Gasteiger partial charge < -0.3 is 4.74 Å². The summed E-state index contributed by atoms with van der Waals surface area (Å²) in [6.45, 7) is 0. The molecule has 0 saturated carbocycles. The predicted octanol–water partition coefficient (Wildman–Crippen LogP) is 2.73. The predicted molar refractivity (Wildman–Crippen MR) is 57.3 cm³/mol. The lowest BCUT2D eigenvalue weighted by molar-refractivity contribution is -0.155. The third-order valence-electron chi connectivity index (χ3n) is 2.74. The zero-order valence-electron chi connectivity index (χ0n) is 8.22. The van der Waals surface area contributed by atoms with Gasteiger partial charge in [0.25, 0.3) is 0 Å². The molecule has 0 aromatic heterocycles. The van der Waals surface area contributed by atoms with Gasteiger partial charge in [0.2, 0.25) is 5.67 Å². The summed E-state index contributed by atoms with van der Waals surface area (Å²) in [6.07, 6.45) is 0.742. The third-order valence-corrected chi connectivity index (χ3v) is 3.24. The number of methoxy groups -OCH3 is 1. The molecule has 4 heteroatoms. The van der Waals surface area contributed by atoms with E-state index in [9.17, 15) is 9.18 Å². The Morgan fingerprint density at radius 1 is 1.60 bits per heavy atom. The highest BCUT2D eigenvalue weighted by Crippen LogP contribution is 2.42. The minimum absolute atomic E-state index is 0.172. The van der Waals surface area contributed by atoms with Crippen LogP contribution in [0.3, 0.4) is 0 Å². The number of carbonyl (C=O) groups excluding carboxylic acids is 1. The van der Waals surface area contributed by atoms with Crippen LogP contribution in [0.25, 0.3) is 0 Å². The maximum Gasteiger partial charge on any atom is 0.348 e. The summed E-state index contributed by atoms with van der Waals surface area (Å²) >= 11 is 3.32. The number of hydrogen-bond donors (Lipinski definition) is 0. The van der Waals surface area contributed by atoms with E-state index in [1.165, 1.54) is 7.11 Å². The van der Waals surface area contributed by atoms with Crippen LogP contribution in [0.1, 0.15) is 17.5 Å². The zero-order chi connectivity index (χ0) is 11.1. The summed E-state index contributed by atoms with van der Waals surface area (Å²) in [5, 5.41) is 0. The maximum absolute atomic E-state index is 14.3. The van der Waals surface area contributed by atoms with Crippen molar-refractivity contribution < 1.29 is 13.9 Å². The van der Waals surface area contributed by atoms with Crippen molar-refractivity contribution in [3.05, 3.63) is 33.8 Å². The van der Waals surface area contributed by atoms with E-state index < -0.39 is 11.6 Å². The molecule has 0 fully saturated rings. The van der Waals surface area contributed by atoms with Gasteiger partial charge in [-0.1, -0.05) is 22.0 Å². The first kappa shape index (κ1) is 10.6. The van der Waals surface area contributed by atoms with E-state index in [4.69, 9.17) is 0 Å². The van der Waals surface area contributed by atoms with Crippen LogP contribution in [0.5, 0.6) is 0 Å².